The van der Waals surface area contributed by atoms with Crippen LogP contribution in [0.2, 0.25) is 0 Å². The summed E-state index contributed by atoms with van der Waals surface area (Å²) >= 11 is 0. The number of phosphoric ester groups is 1. The van der Waals surface area contributed by atoms with E-state index in [1.165, 1.54) is 289 Å². The molecule has 0 aromatic rings. The molecular weight excluding hydrogens is 1210 g/mol. The van der Waals surface area contributed by atoms with Crippen LogP contribution in [0.5, 0.6) is 0 Å². The summed E-state index contributed by atoms with van der Waals surface area (Å²) in [4.78, 5) is 38.2. The van der Waals surface area contributed by atoms with Crippen molar-refractivity contribution in [3.63, 3.8) is 0 Å². The van der Waals surface area contributed by atoms with Crippen molar-refractivity contribution in [2.45, 2.75) is 405 Å². The first kappa shape index (κ1) is 93.2. The van der Waals surface area contributed by atoms with E-state index in [2.05, 4.69) is 98.9 Å². The summed E-state index contributed by atoms with van der Waals surface area (Å²) in [5.74, 6) is -0.813. The van der Waals surface area contributed by atoms with E-state index in [1.807, 2.05) is 21.1 Å². The van der Waals surface area contributed by atoms with E-state index in [-0.39, 0.29) is 32.0 Å². The lowest BCUT2D eigenvalue weighted by atomic mass is 10.0. The van der Waals surface area contributed by atoms with Crippen LogP contribution < -0.4 is 4.89 Å². The largest absolute Gasteiger partial charge is 0.756 e. The standard InChI is InChI=1S/C86H158NO8P/c1-6-8-10-12-14-16-18-20-22-24-26-28-30-32-34-36-38-39-40-41-42-43-44-45-46-47-49-50-52-54-56-58-60-62-64-66-68-70-72-74-76-78-85(88)92-82-84(83-94-96(90,91)93-81-80-87(3,4)5)95-86(89)79-77-75-73-71-69-67-65-63-61-59-57-55-53-51-48-37-35-33-31-29-27-25-23-21-19-17-15-13-11-9-7-2/h9,11,15,17-18,20-21,23-24,26-27,29-30,32,84H,6-8,10,12-14,16,19,22,25,28,31,33-83H2,1-5H3/b11-9-,17-15-,20-18-,23-21-,26-24-,29-27-,32-30-. The molecule has 0 aliphatic carbocycles. The van der Waals surface area contributed by atoms with Gasteiger partial charge in [0.1, 0.15) is 19.8 Å². The first-order valence-corrected chi connectivity index (χ1v) is 42.8. The van der Waals surface area contributed by atoms with Crippen LogP contribution in [-0.2, 0) is 32.7 Å². The van der Waals surface area contributed by atoms with Crippen molar-refractivity contribution in [2.75, 3.05) is 47.5 Å². The van der Waals surface area contributed by atoms with Gasteiger partial charge in [0.2, 0.25) is 0 Å². The molecule has 0 aromatic carbocycles. The molecule has 0 amide bonds. The number of quaternary nitrogens is 1. The molecule has 9 nitrogen and oxygen atoms in total. The summed E-state index contributed by atoms with van der Waals surface area (Å²) in [7, 11) is 1.18. The summed E-state index contributed by atoms with van der Waals surface area (Å²) in [6.45, 7) is 4.18. The Bertz CT molecular complexity index is 1900. The van der Waals surface area contributed by atoms with E-state index in [1.54, 1.807) is 0 Å². The molecule has 96 heavy (non-hydrogen) atoms. The van der Waals surface area contributed by atoms with Crippen LogP contribution in [0.3, 0.4) is 0 Å². The minimum absolute atomic E-state index is 0.0299. The Labute approximate surface area is 596 Å². The van der Waals surface area contributed by atoms with Crippen molar-refractivity contribution >= 4 is 19.8 Å². The van der Waals surface area contributed by atoms with Crippen LogP contribution in [0.25, 0.3) is 0 Å². The van der Waals surface area contributed by atoms with Gasteiger partial charge in [0, 0.05) is 12.8 Å². The van der Waals surface area contributed by atoms with Crippen LogP contribution in [0.4, 0.5) is 0 Å². The highest BCUT2D eigenvalue weighted by atomic mass is 31.2. The van der Waals surface area contributed by atoms with Crippen molar-refractivity contribution in [2.24, 2.45) is 0 Å². The van der Waals surface area contributed by atoms with E-state index in [0.717, 1.165) is 77.0 Å². The van der Waals surface area contributed by atoms with E-state index >= 15 is 0 Å². The molecule has 10 heteroatoms. The van der Waals surface area contributed by atoms with Crippen molar-refractivity contribution in [1.82, 2.24) is 0 Å². The van der Waals surface area contributed by atoms with Crippen LogP contribution in [-0.4, -0.2) is 70.0 Å². The normalized spacial score (nSPS) is 13.4. The molecule has 2 unspecified atom stereocenters. The topological polar surface area (TPSA) is 111 Å². The van der Waals surface area contributed by atoms with Crippen LogP contribution >= 0.6 is 7.82 Å². The second-order valence-electron chi connectivity index (χ2n) is 29.1. The fourth-order valence-electron chi connectivity index (χ4n) is 12.1. The quantitative estimate of drug-likeness (QED) is 0.0195. The number of carbonyl (C=O) groups excluding carboxylic acids is 2. The Hall–Kier alpha value is -2.81. The Morgan fingerprint density at radius 1 is 0.333 bits per heavy atom. The second kappa shape index (κ2) is 76.4. The Kier molecular flexibility index (Phi) is 74.1. The number of carbonyl (C=O) groups is 2. The van der Waals surface area contributed by atoms with Gasteiger partial charge in [-0.1, -0.05) is 381 Å². The summed E-state index contributed by atoms with van der Waals surface area (Å²) < 4.78 is 34.4. The van der Waals surface area contributed by atoms with Crippen LogP contribution in [0.1, 0.15) is 399 Å². The highest BCUT2D eigenvalue weighted by Crippen LogP contribution is 2.38. The predicted molar refractivity (Wildman–Crippen MR) is 416 cm³/mol. The molecule has 0 N–H and O–H groups in total. The number of rotatable bonds is 77. The van der Waals surface area contributed by atoms with Gasteiger partial charge in [0.15, 0.2) is 6.10 Å². The maximum atomic E-state index is 12.9. The highest BCUT2D eigenvalue weighted by molar-refractivity contribution is 7.45. The van der Waals surface area contributed by atoms with Gasteiger partial charge in [0.05, 0.1) is 27.7 Å². The minimum Gasteiger partial charge on any atom is -0.756 e. The molecule has 0 heterocycles. The number of allylic oxidation sites excluding steroid dienone is 14. The molecular formula is C86H158NO8P. The number of phosphoric acid groups is 1. The number of esters is 2. The lowest BCUT2D eigenvalue weighted by Crippen LogP contribution is -2.37. The number of ether oxygens (including phenoxy) is 2. The maximum Gasteiger partial charge on any atom is 0.306 e. The third-order valence-corrected chi connectivity index (χ3v) is 19.4. The van der Waals surface area contributed by atoms with E-state index in [9.17, 15) is 19.0 Å². The Balaban J connectivity index is 3.89. The lowest BCUT2D eigenvalue weighted by molar-refractivity contribution is -0.870. The van der Waals surface area contributed by atoms with E-state index in [0.29, 0.717) is 17.4 Å². The predicted octanol–water partition coefficient (Wildman–Crippen LogP) is 27.0. The minimum atomic E-state index is -4.65. The number of hydrogen-bond acceptors (Lipinski definition) is 8. The van der Waals surface area contributed by atoms with Gasteiger partial charge in [0.25, 0.3) is 7.82 Å². The molecule has 0 rings (SSSR count). The Morgan fingerprint density at radius 2 is 0.594 bits per heavy atom. The number of nitrogens with zero attached hydrogens (tertiary/aromatic N) is 1. The zero-order chi connectivity index (χ0) is 69.7. The highest BCUT2D eigenvalue weighted by Gasteiger charge is 2.22. The molecule has 0 aromatic heterocycles. The van der Waals surface area contributed by atoms with Gasteiger partial charge in [-0.2, -0.15) is 0 Å². The zero-order valence-electron chi connectivity index (χ0n) is 64.1. The molecule has 0 saturated heterocycles. The monoisotopic (exact) mass is 1360 g/mol. The number of unbranched alkanes of at least 4 members (excludes halogenated alkanes) is 49. The van der Waals surface area contributed by atoms with E-state index < -0.39 is 26.5 Å². The molecule has 560 valence electrons. The number of likely N-dealkylation sites (N-methyl/N-ethyl adjacent to an activating group) is 1. The molecule has 0 saturated carbocycles. The van der Waals surface area contributed by atoms with Crippen molar-refractivity contribution in [3.8, 4) is 0 Å². The molecule has 0 spiro atoms. The van der Waals surface area contributed by atoms with Gasteiger partial charge in [-0.3, -0.25) is 14.2 Å². The van der Waals surface area contributed by atoms with Crippen LogP contribution in [0, 0.1) is 0 Å². The van der Waals surface area contributed by atoms with Gasteiger partial charge >= 0.3 is 11.9 Å². The smallest absolute Gasteiger partial charge is 0.306 e. The third-order valence-electron chi connectivity index (χ3n) is 18.4. The molecule has 0 bridgehead atoms. The molecule has 0 aliphatic heterocycles. The molecule has 0 aliphatic rings. The number of hydrogen-bond donors (Lipinski definition) is 0. The lowest BCUT2D eigenvalue weighted by Gasteiger charge is -2.28. The second-order valence-corrected chi connectivity index (χ2v) is 30.5. The summed E-state index contributed by atoms with van der Waals surface area (Å²) in [6, 6.07) is 0. The summed E-state index contributed by atoms with van der Waals surface area (Å²) in [5.41, 5.74) is 0. The van der Waals surface area contributed by atoms with E-state index in [4.69, 9.17) is 18.5 Å². The molecule has 2 atom stereocenters. The van der Waals surface area contributed by atoms with Gasteiger partial charge < -0.3 is 27.9 Å². The SMILES string of the molecule is CC/C=C\C/C=C\C/C=C\C/C=C\CCCCCCCCCCCCCCCCCCCCC(=O)OC(COC(=O)CCCCCCCCCCCCCCCCCCCCCCCCCCCC/C=C\C/C=C\C/C=C\CCCCCCC)COP(=O)([O-])OCC[N+](C)(C)C. The maximum absolute atomic E-state index is 12.9. The van der Waals surface area contributed by atoms with Crippen molar-refractivity contribution < 1.29 is 42.1 Å². The first-order valence-electron chi connectivity index (χ1n) is 41.3. The summed E-state index contributed by atoms with van der Waals surface area (Å²) in [5, 5.41) is 0. The average Bonchev–Trinajstić information content (AvgIpc) is 1.97. The molecule has 0 fully saturated rings. The summed E-state index contributed by atoms with van der Waals surface area (Å²) in [6.07, 6.45) is 106. The Morgan fingerprint density at radius 3 is 0.885 bits per heavy atom. The van der Waals surface area contributed by atoms with Crippen molar-refractivity contribution in [1.29, 1.82) is 0 Å². The third kappa shape index (κ3) is 80.2. The fraction of sp³-hybridized carbons (Fsp3) is 0.814. The van der Waals surface area contributed by atoms with Crippen molar-refractivity contribution in [3.05, 3.63) is 85.1 Å². The molecule has 0 radical (unpaired) electrons. The van der Waals surface area contributed by atoms with Crippen LogP contribution in [0.15, 0.2) is 85.1 Å². The fourth-order valence-corrected chi connectivity index (χ4v) is 12.9. The average molecular weight is 1370 g/mol. The van der Waals surface area contributed by atoms with Gasteiger partial charge in [-0.05, 0) is 89.9 Å². The first-order chi connectivity index (χ1) is 47.0. The zero-order valence-corrected chi connectivity index (χ0v) is 65.0. The van der Waals surface area contributed by atoms with Gasteiger partial charge in [-0.25, -0.2) is 0 Å². The van der Waals surface area contributed by atoms with Gasteiger partial charge in [-0.15, -0.1) is 0 Å².